The highest BCUT2D eigenvalue weighted by Gasteiger charge is 2.23. The Morgan fingerprint density at radius 1 is 1.31 bits per heavy atom. The molecule has 1 aromatic carbocycles. The van der Waals surface area contributed by atoms with Gasteiger partial charge >= 0.3 is 0 Å². The van der Waals surface area contributed by atoms with Crippen LogP contribution in [0.15, 0.2) is 18.2 Å². The highest BCUT2D eigenvalue weighted by Crippen LogP contribution is 2.38. The topological polar surface area (TPSA) is 20.2 Å². The van der Waals surface area contributed by atoms with Gasteiger partial charge in [-0.1, -0.05) is 46.9 Å². The second-order valence-corrected chi connectivity index (χ2v) is 4.74. The SMILES string of the molecule is OCc1ccc(C(Cl)(Cl)Cl)cc1F. The first kappa shape index (κ1) is 11.1. The molecule has 13 heavy (non-hydrogen) atoms. The molecular weight excluding hydrogens is 237 g/mol. The molecule has 1 nitrogen and oxygen atoms in total. The Balaban J connectivity index is 3.10. The fourth-order valence-electron chi connectivity index (χ4n) is 0.852. The molecule has 5 heteroatoms. The molecule has 0 spiro atoms. The van der Waals surface area contributed by atoms with Crippen LogP contribution in [0, 0.1) is 5.82 Å². The maximum absolute atomic E-state index is 13.0. The summed E-state index contributed by atoms with van der Waals surface area (Å²) in [6.45, 7) is -0.369. The van der Waals surface area contributed by atoms with Crippen molar-refractivity contribution < 1.29 is 9.50 Å². The van der Waals surface area contributed by atoms with Crippen LogP contribution >= 0.6 is 34.8 Å². The van der Waals surface area contributed by atoms with E-state index in [-0.39, 0.29) is 17.7 Å². The Morgan fingerprint density at radius 2 is 1.92 bits per heavy atom. The lowest BCUT2D eigenvalue weighted by atomic mass is 10.1. The summed E-state index contributed by atoms with van der Waals surface area (Å²) in [4.78, 5) is 0. The predicted molar refractivity (Wildman–Crippen MR) is 51.6 cm³/mol. The van der Waals surface area contributed by atoms with Crippen LogP contribution in [-0.4, -0.2) is 5.11 Å². The van der Waals surface area contributed by atoms with E-state index in [2.05, 4.69) is 0 Å². The fourth-order valence-corrected chi connectivity index (χ4v) is 1.20. The predicted octanol–water partition coefficient (Wildman–Crippen LogP) is 3.14. The van der Waals surface area contributed by atoms with Crippen molar-refractivity contribution in [3.8, 4) is 0 Å². The summed E-state index contributed by atoms with van der Waals surface area (Å²) in [6.07, 6.45) is 0. The monoisotopic (exact) mass is 242 g/mol. The van der Waals surface area contributed by atoms with E-state index in [4.69, 9.17) is 39.9 Å². The zero-order valence-corrected chi connectivity index (χ0v) is 8.67. The van der Waals surface area contributed by atoms with Gasteiger partial charge in [0.2, 0.25) is 3.79 Å². The van der Waals surface area contributed by atoms with Gasteiger partial charge in [-0.25, -0.2) is 4.39 Å². The van der Waals surface area contributed by atoms with Crippen LogP contribution in [0.2, 0.25) is 0 Å². The van der Waals surface area contributed by atoms with E-state index < -0.39 is 9.61 Å². The number of benzene rings is 1. The molecule has 72 valence electrons. The molecule has 0 aromatic heterocycles. The van der Waals surface area contributed by atoms with Crippen molar-refractivity contribution in [3.05, 3.63) is 35.1 Å². The van der Waals surface area contributed by atoms with E-state index in [1.54, 1.807) is 0 Å². The van der Waals surface area contributed by atoms with Crippen LogP contribution in [0.4, 0.5) is 4.39 Å². The lowest BCUT2D eigenvalue weighted by Crippen LogP contribution is -2.02. The van der Waals surface area contributed by atoms with Crippen molar-refractivity contribution in [2.75, 3.05) is 0 Å². The van der Waals surface area contributed by atoms with Crippen molar-refractivity contribution >= 4 is 34.8 Å². The van der Waals surface area contributed by atoms with Crippen LogP contribution in [0.5, 0.6) is 0 Å². The summed E-state index contributed by atoms with van der Waals surface area (Å²) in [5, 5.41) is 8.67. The standard InChI is InChI=1S/C8H6Cl3FO/c9-8(10,11)6-2-1-5(4-13)7(12)3-6/h1-3,13H,4H2. The molecule has 0 fully saturated rings. The van der Waals surface area contributed by atoms with E-state index in [1.165, 1.54) is 12.1 Å². The van der Waals surface area contributed by atoms with Crippen LogP contribution in [0.3, 0.4) is 0 Å². The molecule has 0 aliphatic rings. The Kier molecular flexibility index (Phi) is 3.41. The maximum atomic E-state index is 13.0. The smallest absolute Gasteiger partial charge is 0.216 e. The molecular formula is C8H6Cl3FO. The van der Waals surface area contributed by atoms with Crippen LogP contribution < -0.4 is 0 Å². The summed E-state index contributed by atoms with van der Waals surface area (Å²) >= 11 is 16.6. The summed E-state index contributed by atoms with van der Waals surface area (Å²) in [6, 6.07) is 3.94. The Morgan fingerprint density at radius 3 is 2.31 bits per heavy atom. The maximum Gasteiger partial charge on any atom is 0.216 e. The molecule has 0 saturated carbocycles. The molecule has 0 radical (unpaired) electrons. The molecule has 1 aromatic rings. The summed E-state index contributed by atoms with van der Waals surface area (Å²) < 4.78 is 11.4. The lowest BCUT2D eigenvalue weighted by Gasteiger charge is -2.11. The normalized spacial score (nSPS) is 11.8. The molecule has 1 N–H and O–H groups in total. The molecule has 0 atom stereocenters. The van der Waals surface area contributed by atoms with Gasteiger partial charge < -0.3 is 5.11 Å². The Labute approximate surface area is 90.0 Å². The summed E-state index contributed by atoms with van der Waals surface area (Å²) in [5.74, 6) is -0.577. The first-order chi connectivity index (χ1) is 5.95. The van der Waals surface area contributed by atoms with Gasteiger partial charge in [-0.2, -0.15) is 0 Å². The first-order valence-electron chi connectivity index (χ1n) is 3.41. The third kappa shape index (κ3) is 2.71. The van der Waals surface area contributed by atoms with E-state index in [0.717, 1.165) is 6.07 Å². The fraction of sp³-hybridized carbons (Fsp3) is 0.250. The summed E-state index contributed by atoms with van der Waals surface area (Å²) in [7, 11) is 0. The van der Waals surface area contributed by atoms with Gasteiger partial charge in [0, 0.05) is 11.1 Å². The molecule has 0 aliphatic heterocycles. The minimum absolute atomic E-state index is 0.179. The number of hydrogen-bond acceptors (Lipinski definition) is 1. The van der Waals surface area contributed by atoms with Gasteiger partial charge in [-0.15, -0.1) is 0 Å². The van der Waals surface area contributed by atoms with Crippen molar-refractivity contribution in [3.63, 3.8) is 0 Å². The zero-order valence-electron chi connectivity index (χ0n) is 6.40. The van der Waals surface area contributed by atoms with Gasteiger partial charge in [0.15, 0.2) is 0 Å². The van der Waals surface area contributed by atoms with Gasteiger partial charge in [-0.3, -0.25) is 0 Å². The highest BCUT2D eigenvalue weighted by atomic mass is 35.6. The van der Waals surface area contributed by atoms with Crippen molar-refractivity contribution in [2.45, 2.75) is 10.4 Å². The lowest BCUT2D eigenvalue weighted by molar-refractivity contribution is 0.275. The largest absolute Gasteiger partial charge is 0.392 e. The molecule has 0 aliphatic carbocycles. The van der Waals surface area contributed by atoms with Gasteiger partial charge in [0.1, 0.15) is 5.82 Å². The Hall–Kier alpha value is -0.0200. The average molecular weight is 243 g/mol. The van der Waals surface area contributed by atoms with Crippen LogP contribution in [0.25, 0.3) is 0 Å². The van der Waals surface area contributed by atoms with E-state index in [0.29, 0.717) is 0 Å². The minimum atomic E-state index is -1.63. The molecule has 1 rings (SSSR count). The molecule has 0 amide bonds. The zero-order chi connectivity index (χ0) is 10.1. The number of halogens is 4. The highest BCUT2D eigenvalue weighted by molar-refractivity contribution is 6.66. The third-order valence-electron chi connectivity index (χ3n) is 1.55. The second-order valence-electron chi connectivity index (χ2n) is 2.46. The quantitative estimate of drug-likeness (QED) is 0.751. The van der Waals surface area contributed by atoms with Gasteiger partial charge in [0.05, 0.1) is 6.61 Å². The first-order valence-corrected chi connectivity index (χ1v) is 4.55. The van der Waals surface area contributed by atoms with E-state index in [1.807, 2.05) is 0 Å². The van der Waals surface area contributed by atoms with Gasteiger partial charge in [-0.05, 0) is 6.07 Å². The average Bonchev–Trinajstić information content (AvgIpc) is 2.02. The molecule has 0 saturated heterocycles. The minimum Gasteiger partial charge on any atom is -0.392 e. The number of aliphatic hydroxyl groups excluding tert-OH is 1. The molecule has 0 bridgehead atoms. The van der Waals surface area contributed by atoms with E-state index >= 15 is 0 Å². The summed E-state index contributed by atoms with van der Waals surface area (Å²) in [5.41, 5.74) is 0.421. The van der Waals surface area contributed by atoms with E-state index in [9.17, 15) is 4.39 Å². The number of aliphatic hydroxyl groups is 1. The van der Waals surface area contributed by atoms with Crippen molar-refractivity contribution in [1.29, 1.82) is 0 Å². The van der Waals surface area contributed by atoms with Crippen molar-refractivity contribution in [2.24, 2.45) is 0 Å². The second kappa shape index (κ2) is 4.01. The molecule has 0 heterocycles. The van der Waals surface area contributed by atoms with Gasteiger partial charge in [0.25, 0.3) is 0 Å². The van der Waals surface area contributed by atoms with Crippen LogP contribution in [-0.2, 0) is 10.4 Å². The number of rotatable bonds is 1. The molecule has 0 unspecified atom stereocenters. The Bertz CT molecular complexity index is 309. The third-order valence-corrected chi connectivity index (χ3v) is 2.21. The number of alkyl halides is 3. The number of hydrogen-bond donors (Lipinski definition) is 1. The van der Waals surface area contributed by atoms with Crippen molar-refractivity contribution in [1.82, 2.24) is 0 Å². The van der Waals surface area contributed by atoms with Crippen LogP contribution in [0.1, 0.15) is 11.1 Å².